The number of ether oxygens (including phenoxy) is 1. The van der Waals surface area contributed by atoms with Crippen LogP contribution in [0.15, 0.2) is 35.5 Å². The van der Waals surface area contributed by atoms with Crippen LogP contribution in [0.2, 0.25) is 0 Å². The molecule has 0 aliphatic carbocycles. The molecule has 162 valence electrons. The van der Waals surface area contributed by atoms with Crippen molar-refractivity contribution in [3.63, 3.8) is 0 Å². The zero-order valence-corrected chi connectivity index (χ0v) is 18.2. The average Bonchev–Trinajstić information content (AvgIpc) is 3.13. The molecule has 0 saturated heterocycles. The second kappa shape index (κ2) is 8.97. The Balaban J connectivity index is 2.13. The molecule has 30 heavy (non-hydrogen) atoms. The largest absolute Gasteiger partial charge is 0.468 e. The summed E-state index contributed by atoms with van der Waals surface area (Å²) in [4.78, 5) is 31.2. The van der Waals surface area contributed by atoms with Crippen molar-refractivity contribution in [3.05, 3.63) is 42.0 Å². The number of esters is 1. The second-order valence-corrected chi connectivity index (χ2v) is 8.87. The van der Waals surface area contributed by atoms with Gasteiger partial charge in [0.1, 0.15) is 17.8 Å². The van der Waals surface area contributed by atoms with Gasteiger partial charge in [-0.1, -0.05) is 25.5 Å². The maximum Gasteiger partial charge on any atom is 0.321 e. The smallest absolute Gasteiger partial charge is 0.321 e. The first-order chi connectivity index (χ1) is 14.3. The highest BCUT2D eigenvalue weighted by molar-refractivity contribution is 7.89. The Bertz CT molecular complexity index is 1050. The molecular weight excluding hydrogens is 408 g/mol. The third kappa shape index (κ3) is 3.97. The number of benzene rings is 1. The number of unbranched alkanes of at least 4 members (excludes halogenated alkanes) is 1. The van der Waals surface area contributed by atoms with Gasteiger partial charge in [-0.25, -0.2) is 13.4 Å². The van der Waals surface area contributed by atoms with Gasteiger partial charge < -0.3 is 9.64 Å². The van der Waals surface area contributed by atoms with E-state index in [2.05, 4.69) is 9.72 Å². The molecule has 3 rings (SSSR count). The lowest BCUT2D eigenvalue weighted by molar-refractivity contribution is -0.140. The van der Waals surface area contributed by atoms with Gasteiger partial charge in [0.2, 0.25) is 10.0 Å². The molecule has 1 aliphatic rings. The molecular formula is C20H26N4O5S. The number of carbonyl (C=O) groups excluding carboxylic acids is 2. The Morgan fingerprint density at radius 1 is 1.23 bits per heavy atom. The lowest BCUT2D eigenvalue weighted by Crippen LogP contribution is -2.36. The molecule has 0 spiro atoms. The number of amides is 1. The Kier molecular flexibility index (Phi) is 6.57. The minimum Gasteiger partial charge on any atom is -0.468 e. The third-order valence-corrected chi connectivity index (χ3v) is 6.96. The summed E-state index contributed by atoms with van der Waals surface area (Å²) in [5.41, 5.74) is 1.00. The second-order valence-electron chi connectivity index (χ2n) is 6.97. The molecule has 2 aromatic rings. The lowest BCUT2D eigenvalue weighted by Gasteiger charge is -2.21. The number of fused-ring (bicyclic) bond motifs is 3. The molecule has 0 fully saturated rings. The van der Waals surface area contributed by atoms with Gasteiger partial charge in [-0.2, -0.15) is 4.31 Å². The van der Waals surface area contributed by atoms with Gasteiger partial charge >= 0.3 is 5.97 Å². The quantitative estimate of drug-likeness (QED) is 0.616. The van der Waals surface area contributed by atoms with E-state index >= 15 is 0 Å². The van der Waals surface area contributed by atoms with Gasteiger partial charge in [0.05, 0.1) is 25.0 Å². The first-order valence-corrected chi connectivity index (χ1v) is 11.3. The van der Waals surface area contributed by atoms with Gasteiger partial charge in [0.25, 0.3) is 5.91 Å². The van der Waals surface area contributed by atoms with E-state index in [9.17, 15) is 18.0 Å². The number of carbonyl (C=O) groups is 2. The lowest BCUT2D eigenvalue weighted by atomic mass is 10.2. The van der Waals surface area contributed by atoms with Crippen molar-refractivity contribution in [1.82, 2.24) is 18.8 Å². The van der Waals surface area contributed by atoms with Gasteiger partial charge in [-0.3, -0.25) is 14.2 Å². The Morgan fingerprint density at radius 3 is 2.63 bits per heavy atom. The first kappa shape index (κ1) is 22.0. The summed E-state index contributed by atoms with van der Waals surface area (Å²) in [5, 5.41) is 0. The van der Waals surface area contributed by atoms with Crippen molar-refractivity contribution in [2.75, 3.05) is 26.7 Å². The van der Waals surface area contributed by atoms with E-state index < -0.39 is 22.5 Å². The molecule has 2 heterocycles. The van der Waals surface area contributed by atoms with Gasteiger partial charge in [0, 0.05) is 13.1 Å². The highest BCUT2D eigenvalue weighted by Crippen LogP contribution is 2.31. The van der Waals surface area contributed by atoms with E-state index in [-0.39, 0.29) is 23.0 Å². The maximum atomic E-state index is 13.2. The maximum absolute atomic E-state index is 13.2. The molecule has 10 heteroatoms. The fourth-order valence-electron chi connectivity index (χ4n) is 3.43. The topological polar surface area (TPSA) is 102 Å². The van der Waals surface area contributed by atoms with E-state index in [1.165, 1.54) is 19.5 Å². The molecule has 0 saturated carbocycles. The molecule has 0 bridgehead atoms. The van der Waals surface area contributed by atoms with Crippen molar-refractivity contribution in [2.24, 2.45) is 0 Å². The number of methoxy groups -OCH3 is 1. The Labute approximate surface area is 176 Å². The van der Waals surface area contributed by atoms with Crippen LogP contribution in [0.3, 0.4) is 0 Å². The number of hydrogen-bond donors (Lipinski definition) is 0. The molecule has 0 atom stereocenters. The monoisotopic (exact) mass is 434 g/mol. The van der Waals surface area contributed by atoms with Crippen LogP contribution in [0.1, 0.15) is 42.9 Å². The van der Waals surface area contributed by atoms with Gasteiger partial charge in [0.15, 0.2) is 5.69 Å². The van der Waals surface area contributed by atoms with Crippen LogP contribution < -0.4 is 0 Å². The summed E-state index contributed by atoms with van der Waals surface area (Å²) in [5.74, 6) is -0.940. The molecule has 1 aliphatic heterocycles. The highest BCUT2D eigenvalue weighted by atomic mass is 32.2. The normalized spacial score (nSPS) is 15.0. The van der Waals surface area contributed by atoms with Crippen LogP contribution >= 0.6 is 0 Å². The standard InChI is InChI=1S/C20H26N4O5S/c1-4-6-11-22(5-2)20(26)19-16-12-23(13-18(25)29-3)30(27,28)17-10-8-7-9-15(17)24(16)14-21-19/h7-10,14H,4-6,11-13H2,1-3H3. The molecule has 0 unspecified atom stereocenters. The predicted octanol–water partition coefficient (Wildman–Crippen LogP) is 1.81. The Hall–Kier alpha value is -2.72. The number of rotatable bonds is 7. The van der Waals surface area contributed by atoms with Crippen LogP contribution in [0.4, 0.5) is 0 Å². The number of hydrogen-bond acceptors (Lipinski definition) is 6. The number of aromatic nitrogens is 2. The van der Waals surface area contributed by atoms with Crippen molar-refractivity contribution in [2.45, 2.75) is 38.1 Å². The average molecular weight is 435 g/mol. The molecule has 0 radical (unpaired) electrons. The van der Waals surface area contributed by atoms with E-state index in [1.54, 1.807) is 27.7 Å². The summed E-state index contributed by atoms with van der Waals surface area (Å²) in [7, 11) is -2.78. The van der Waals surface area contributed by atoms with Crippen molar-refractivity contribution >= 4 is 21.9 Å². The minimum atomic E-state index is -3.99. The third-order valence-electron chi connectivity index (χ3n) is 5.12. The summed E-state index contributed by atoms with van der Waals surface area (Å²) in [6, 6.07) is 6.47. The minimum absolute atomic E-state index is 0.0439. The number of imidazole rings is 1. The van der Waals surface area contributed by atoms with E-state index in [0.29, 0.717) is 24.5 Å². The Morgan fingerprint density at radius 2 is 1.97 bits per heavy atom. The van der Waals surface area contributed by atoms with E-state index in [1.807, 2.05) is 13.8 Å². The van der Waals surface area contributed by atoms with Gasteiger partial charge in [-0.15, -0.1) is 0 Å². The zero-order valence-electron chi connectivity index (χ0n) is 17.4. The molecule has 9 nitrogen and oxygen atoms in total. The molecule has 1 amide bonds. The zero-order chi connectivity index (χ0) is 21.9. The van der Waals surface area contributed by atoms with Crippen molar-refractivity contribution in [3.8, 4) is 5.69 Å². The fourth-order valence-corrected chi connectivity index (χ4v) is 4.95. The van der Waals surface area contributed by atoms with Crippen LogP contribution in [-0.4, -0.2) is 65.8 Å². The number of para-hydroxylation sites is 1. The molecule has 1 aromatic heterocycles. The van der Waals surface area contributed by atoms with Crippen LogP contribution in [0.5, 0.6) is 0 Å². The summed E-state index contributed by atoms with van der Waals surface area (Å²) in [6.45, 7) is 4.43. The van der Waals surface area contributed by atoms with Crippen molar-refractivity contribution in [1.29, 1.82) is 0 Å². The van der Waals surface area contributed by atoms with E-state index in [4.69, 9.17) is 0 Å². The van der Waals surface area contributed by atoms with Gasteiger partial charge in [-0.05, 0) is 25.5 Å². The van der Waals surface area contributed by atoms with Crippen LogP contribution in [-0.2, 0) is 26.1 Å². The van der Waals surface area contributed by atoms with Crippen LogP contribution in [0, 0.1) is 0 Å². The SMILES string of the molecule is CCCCN(CC)C(=O)c1ncn2c1CN(CC(=O)OC)S(=O)(=O)c1ccccc1-2. The first-order valence-electron chi connectivity index (χ1n) is 9.87. The summed E-state index contributed by atoms with van der Waals surface area (Å²) >= 11 is 0. The van der Waals surface area contributed by atoms with Crippen LogP contribution in [0.25, 0.3) is 5.69 Å². The highest BCUT2D eigenvalue weighted by Gasteiger charge is 2.36. The molecule has 0 N–H and O–H groups in total. The molecule has 1 aromatic carbocycles. The fraction of sp³-hybridized carbons (Fsp3) is 0.450. The number of sulfonamides is 1. The van der Waals surface area contributed by atoms with E-state index in [0.717, 1.165) is 17.1 Å². The summed E-state index contributed by atoms with van der Waals surface area (Å²) < 4.78 is 33.8. The number of nitrogens with zero attached hydrogens (tertiary/aromatic N) is 4. The predicted molar refractivity (Wildman–Crippen MR) is 110 cm³/mol. The summed E-state index contributed by atoms with van der Waals surface area (Å²) in [6.07, 6.45) is 3.27. The van der Waals surface area contributed by atoms with Crippen molar-refractivity contribution < 1.29 is 22.7 Å².